The van der Waals surface area contributed by atoms with Crippen molar-refractivity contribution < 1.29 is 9.13 Å². The number of hydrogen-bond donors (Lipinski definition) is 0. The lowest BCUT2D eigenvalue weighted by Gasteiger charge is -2.22. The van der Waals surface area contributed by atoms with Gasteiger partial charge in [-0.3, -0.25) is 0 Å². The molecule has 1 unspecified atom stereocenters. The molecule has 1 aliphatic carbocycles. The lowest BCUT2D eigenvalue weighted by Crippen LogP contribution is -2.07. The summed E-state index contributed by atoms with van der Waals surface area (Å²) in [5.41, 5.74) is 1.74. The summed E-state index contributed by atoms with van der Waals surface area (Å²) in [7, 11) is 0. The van der Waals surface area contributed by atoms with E-state index in [1.807, 2.05) is 13.0 Å². The van der Waals surface area contributed by atoms with Gasteiger partial charge in [0.15, 0.2) is 5.82 Å². The van der Waals surface area contributed by atoms with Crippen LogP contribution in [0.4, 0.5) is 4.39 Å². The van der Waals surface area contributed by atoms with Crippen LogP contribution in [0.3, 0.4) is 0 Å². The van der Waals surface area contributed by atoms with Gasteiger partial charge < -0.3 is 4.74 Å². The van der Waals surface area contributed by atoms with E-state index in [1.165, 1.54) is 25.7 Å². The third-order valence-electron chi connectivity index (χ3n) is 4.59. The Kier molecular flexibility index (Phi) is 7.42. The van der Waals surface area contributed by atoms with E-state index >= 15 is 0 Å². The van der Waals surface area contributed by atoms with Crippen LogP contribution in [0.15, 0.2) is 18.2 Å². The molecular formula is C20H28ClFO. The smallest absolute Gasteiger partial charge is 0.153 e. The average molecular weight is 339 g/mol. The molecule has 0 N–H and O–H groups in total. The molecule has 2 rings (SSSR count). The highest BCUT2D eigenvalue weighted by atomic mass is 35.5. The number of hydrogen-bond acceptors (Lipinski definition) is 1. The fourth-order valence-corrected chi connectivity index (χ4v) is 3.40. The second-order valence-corrected chi connectivity index (χ2v) is 6.83. The molecule has 1 nitrogen and oxygen atoms in total. The van der Waals surface area contributed by atoms with Gasteiger partial charge in [-0.2, -0.15) is 0 Å². The Morgan fingerprint density at radius 3 is 2.70 bits per heavy atom. The molecule has 23 heavy (non-hydrogen) atoms. The number of unbranched alkanes of at least 4 members (excludes halogenated alkanes) is 2. The van der Waals surface area contributed by atoms with Crippen LogP contribution in [-0.4, -0.2) is 6.61 Å². The molecule has 1 aliphatic rings. The zero-order chi connectivity index (χ0) is 16.7. The molecule has 0 heterocycles. The van der Waals surface area contributed by atoms with Gasteiger partial charge >= 0.3 is 0 Å². The highest BCUT2D eigenvalue weighted by Gasteiger charge is 2.20. The number of rotatable bonds is 8. The summed E-state index contributed by atoms with van der Waals surface area (Å²) >= 11 is 6.14. The van der Waals surface area contributed by atoms with Gasteiger partial charge in [0.1, 0.15) is 10.8 Å². The van der Waals surface area contributed by atoms with Gasteiger partial charge in [-0.05, 0) is 49.3 Å². The Hall–Kier alpha value is -1.02. The summed E-state index contributed by atoms with van der Waals surface area (Å²) in [6.45, 7) is 4.81. The molecule has 0 aliphatic heterocycles. The fourth-order valence-electron chi connectivity index (χ4n) is 3.18. The van der Waals surface area contributed by atoms with Crippen LogP contribution in [0.1, 0.15) is 70.8 Å². The Balaban J connectivity index is 2.03. The van der Waals surface area contributed by atoms with Crippen molar-refractivity contribution in [2.45, 2.75) is 65.2 Å². The number of allylic oxidation sites excluding steroid dienone is 2. The van der Waals surface area contributed by atoms with Crippen molar-refractivity contribution in [1.82, 2.24) is 0 Å². The van der Waals surface area contributed by atoms with Crippen molar-refractivity contribution in [2.75, 3.05) is 6.61 Å². The summed E-state index contributed by atoms with van der Waals surface area (Å²) in [5, 5.41) is 0.113. The maximum atomic E-state index is 14.6. The summed E-state index contributed by atoms with van der Waals surface area (Å²) in [6, 6.07) is 3.61. The standard InChI is InChI=1S/C20H28ClFO/c1-3-5-6-7-15-8-10-16(11-9-15)17-12-13-18(23-14-4-2)19(21)20(17)22/h10,12-13,15H,3-9,11,14H2,1-2H3. The van der Waals surface area contributed by atoms with Crippen molar-refractivity contribution in [3.8, 4) is 5.75 Å². The fraction of sp³-hybridized carbons (Fsp3) is 0.600. The Labute approximate surface area is 144 Å². The molecule has 1 aromatic carbocycles. The minimum atomic E-state index is -0.337. The highest BCUT2D eigenvalue weighted by molar-refractivity contribution is 6.32. The van der Waals surface area contributed by atoms with Gasteiger partial charge in [0, 0.05) is 5.56 Å². The van der Waals surface area contributed by atoms with Crippen molar-refractivity contribution in [3.05, 3.63) is 34.6 Å². The highest BCUT2D eigenvalue weighted by Crippen LogP contribution is 2.38. The minimum Gasteiger partial charge on any atom is -0.492 e. The quantitative estimate of drug-likeness (QED) is 0.462. The average Bonchev–Trinajstić information content (AvgIpc) is 2.57. The number of halogens is 2. The van der Waals surface area contributed by atoms with Crippen LogP contribution in [-0.2, 0) is 0 Å². The predicted molar refractivity (Wildman–Crippen MR) is 96.7 cm³/mol. The van der Waals surface area contributed by atoms with Crippen LogP contribution in [0.2, 0.25) is 5.02 Å². The molecule has 0 bridgehead atoms. The molecule has 0 amide bonds. The van der Waals surface area contributed by atoms with Gasteiger partial charge in [0.2, 0.25) is 0 Å². The van der Waals surface area contributed by atoms with Gasteiger partial charge in [-0.1, -0.05) is 57.2 Å². The molecule has 0 spiro atoms. The minimum absolute atomic E-state index is 0.113. The van der Waals surface area contributed by atoms with Crippen LogP contribution >= 0.6 is 11.6 Å². The molecule has 128 valence electrons. The van der Waals surface area contributed by atoms with E-state index in [0.29, 0.717) is 17.9 Å². The van der Waals surface area contributed by atoms with Crippen LogP contribution in [0.5, 0.6) is 5.75 Å². The van der Waals surface area contributed by atoms with Crippen LogP contribution in [0.25, 0.3) is 5.57 Å². The number of benzene rings is 1. The lowest BCUT2D eigenvalue weighted by atomic mass is 9.84. The van der Waals surface area contributed by atoms with Gasteiger partial charge in [0.05, 0.1) is 6.61 Å². The van der Waals surface area contributed by atoms with Crippen molar-refractivity contribution in [1.29, 1.82) is 0 Å². The van der Waals surface area contributed by atoms with Gasteiger partial charge in [0.25, 0.3) is 0 Å². The second-order valence-electron chi connectivity index (χ2n) is 6.45. The lowest BCUT2D eigenvalue weighted by molar-refractivity contribution is 0.316. The van der Waals surface area contributed by atoms with E-state index < -0.39 is 0 Å². The summed E-state index contributed by atoms with van der Waals surface area (Å²) in [4.78, 5) is 0. The third-order valence-corrected chi connectivity index (χ3v) is 4.94. The van der Waals surface area contributed by atoms with E-state index in [2.05, 4.69) is 13.0 Å². The molecule has 1 aromatic rings. The van der Waals surface area contributed by atoms with E-state index in [1.54, 1.807) is 6.07 Å². The van der Waals surface area contributed by atoms with Crippen LogP contribution in [0, 0.1) is 11.7 Å². The predicted octanol–water partition coefficient (Wildman–Crippen LogP) is 7.03. The maximum absolute atomic E-state index is 14.6. The molecule has 0 aromatic heterocycles. The van der Waals surface area contributed by atoms with Crippen molar-refractivity contribution >= 4 is 17.2 Å². The van der Waals surface area contributed by atoms with Gasteiger partial charge in [-0.15, -0.1) is 0 Å². The molecule has 0 radical (unpaired) electrons. The first kappa shape index (κ1) is 18.3. The maximum Gasteiger partial charge on any atom is 0.153 e. The Morgan fingerprint density at radius 1 is 1.22 bits per heavy atom. The summed E-state index contributed by atoms with van der Waals surface area (Å²) < 4.78 is 20.1. The molecular weight excluding hydrogens is 311 g/mol. The van der Waals surface area contributed by atoms with E-state index in [9.17, 15) is 4.39 Å². The van der Waals surface area contributed by atoms with Gasteiger partial charge in [-0.25, -0.2) is 4.39 Å². The molecule has 0 saturated heterocycles. The van der Waals surface area contributed by atoms with Crippen molar-refractivity contribution in [3.63, 3.8) is 0 Å². The molecule has 3 heteroatoms. The first-order chi connectivity index (χ1) is 11.2. The first-order valence-corrected chi connectivity index (χ1v) is 9.35. The first-order valence-electron chi connectivity index (χ1n) is 8.97. The molecule has 0 saturated carbocycles. The van der Waals surface area contributed by atoms with Crippen molar-refractivity contribution in [2.24, 2.45) is 5.92 Å². The normalized spacial score (nSPS) is 17.9. The van der Waals surface area contributed by atoms with E-state index in [4.69, 9.17) is 16.3 Å². The summed E-state index contributed by atoms with van der Waals surface area (Å²) in [6.07, 6.45) is 11.4. The second kappa shape index (κ2) is 9.32. The topological polar surface area (TPSA) is 9.23 Å². The molecule has 0 fully saturated rings. The van der Waals surface area contributed by atoms with E-state index in [-0.39, 0.29) is 10.8 Å². The zero-order valence-corrected chi connectivity index (χ0v) is 15.1. The monoisotopic (exact) mass is 338 g/mol. The summed E-state index contributed by atoms with van der Waals surface area (Å²) in [5.74, 6) is 0.871. The SMILES string of the molecule is CCCCCC1CC=C(c2ccc(OCCC)c(Cl)c2F)CC1. The molecule has 1 atom stereocenters. The Bertz CT molecular complexity index is 539. The third kappa shape index (κ3) is 4.97. The van der Waals surface area contributed by atoms with Crippen LogP contribution < -0.4 is 4.74 Å². The van der Waals surface area contributed by atoms with E-state index in [0.717, 1.165) is 37.2 Å². The Morgan fingerprint density at radius 2 is 2.04 bits per heavy atom. The number of ether oxygens (including phenoxy) is 1. The zero-order valence-electron chi connectivity index (χ0n) is 14.3. The largest absolute Gasteiger partial charge is 0.492 e.